The molecule has 1 N–H and O–H groups in total. The minimum Gasteiger partial charge on any atom is -0.487 e. The topological polar surface area (TPSA) is 77.2 Å². The van der Waals surface area contributed by atoms with Crippen molar-refractivity contribution in [2.24, 2.45) is 0 Å². The average molecular weight is 247 g/mol. The van der Waals surface area contributed by atoms with Crippen molar-refractivity contribution in [1.29, 1.82) is 0 Å². The molecule has 0 bridgehead atoms. The van der Waals surface area contributed by atoms with Crippen molar-refractivity contribution < 1.29 is 14.6 Å². The lowest BCUT2D eigenvalue weighted by Gasteiger charge is -2.07. The number of benzene rings is 1. The standard InChI is InChI=1S/C12H13N3O3/c1-2-15-10(11(12(16)17)13-14-15)8-18-9-6-4-3-5-7-9/h3-7H,2,8H2,1H3,(H,16,17). The Balaban J connectivity index is 2.17. The summed E-state index contributed by atoms with van der Waals surface area (Å²) in [6, 6.07) is 9.19. The SMILES string of the molecule is CCn1nnc(C(=O)O)c1COc1ccccc1. The van der Waals surface area contributed by atoms with E-state index >= 15 is 0 Å². The van der Waals surface area contributed by atoms with E-state index in [2.05, 4.69) is 10.3 Å². The molecule has 0 atom stereocenters. The lowest BCUT2D eigenvalue weighted by Crippen LogP contribution is -2.10. The van der Waals surface area contributed by atoms with Gasteiger partial charge in [-0.25, -0.2) is 9.48 Å². The van der Waals surface area contributed by atoms with E-state index in [4.69, 9.17) is 9.84 Å². The Morgan fingerprint density at radius 3 is 2.72 bits per heavy atom. The van der Waals surface area contributed by atoms with Crippen molar-refractivity contribution in [3.05, 3.63) is 41.7 Å². The summed E-state index contributed by atoms with van der Waals surface area (Å²) in [5, 5.41) is 16.4. The van der Waals surface area contributed by atoms with E-state index in [1.54, 1.807) is 12.1 Å². The minimum absolute atomic E-state index is 0.0622. The van der Waals surface area contributed by atoms with Crippen LogP contribution in [0.2, 0.25) is 0 Å². The van der Waals surface area contributed by atoms with E-state index in [0.29, 0.717) is 18.0 Å². The zero-order valence-corrected chi connectivity index (χ0v) is 9.91. The fraction of sp³-hybridized carbons (Fsp3) is 0.250. The van der Waals surface area contributed by atoms with Crippen LogP contribution in [0.5, 0.6) is 5.75 Å². The maximum atomic E-state index is 11.0. The molecule has 0 aliphatic carbocycles. The lowest BCUT2D eigenvalue weighted by atomic mass is 10.3. The molecule has 2 rings (SSSR count). The maximum Gasteiger partial charge on any atom is 0.358 e. The first-order valence-electron chi connectivity index (χ1n) is 5.56. The summed E-state index contributed by atoms with van der Waals surface area (Å²) < 4.78 is 7.04. The van der Waals surface area contributed by atoms with Crippen molar-refractivity contribution in [2.45, 2.75) is 20.1 Å². The third-order valence-corrected chi connectivity index (χ3v) is 2.46. The van der Waals surface area contributed by atoms with Crippen molar-refractivity contribution in [2.75, 3.05) is 0 Å². The van der Waals surface area contributed by atoms with E-state index in [9.17, 15) is 4.79 Å². The van der Waals surface area contributed by atoms with Crippen LogP contribution in [0.1, 0.15) is 23.1 Å². The van der Waals surface area contributed by atoms with Crippen LogP contribution in [-0.4, -0.2) is 26.1 Å². The largest absolute Gasteiger partial charge is 0.487 e. The molecular formula is C12H13N3O3. The Bertz CT molecular complexity index is 537. The first-order valence-corrected chi connectivity index (χ1v) is 5.56. The number of nitrogens with zero attached hydrogens (tertiary/aromatic N) is 3. The van der Waals surface area contributed by atoms with Crippen molar-refractivity contribution >= 4 is 5.97 Å². The molecule has 18 heavy (non-hydrogen) atoms. The fourth-order valence-corrected chi connectivity index (χ4v) is 1.56. The first-order chi connectivity index (χ1) is 8.72. The fourth-order valence-electron chi connectivity index (χ4n) is 1.56. The molecule has 0 unspecified atom stereocenters. The van der Waals surface area contributed by atoms with Gasteiger partial charge in [-0.2, -0.15) is 0 Å². The predicted molar refractivity (Wildman–Crippen MR) is 63.4 cm³/mol. The Hall–Kier alpha value is -2.37. The second-order valence-electron chi connectivity index (χ2n) is 3.61. The molecule has 0 amide bonds. The van der Waals surface area contributed by atoms with Gasteiger partial charge in [0.2, 0.25) is 0 Å². The summed E-state index contributed by atoms with van der Waals surface area (Å²) in [5.74, 6) is -0.418. The van der Waals surface area contributed by atoms with Gasteiger partial charge in [-0.15, -0.1) is 5.10 Å². The Morgan fingerprint density at radius 2 is 2.11 bits per heavy atom. The molecule has 0 saturated heterocycles. The number of hydrogen-bond acceptors (Lipinski definition) is 4. The second-order valence-corrected chi connectivity index (χ2v) is 3.61. The lowest BCUT2D eigenvalue weighted by molar-refractivity contribution is 0.0687. The molecule has 0 fully saturated rings. The highest BCUT2D eigenvalue weighted by Gasteiger charge is 2.18. The minimum atomic E-state index is -1.10. The number of aromatic carboxylic acids is 1. The molecular weight excluding hydrogens is 234 g/mol. The molecule has 2 aromatic rings. The number of carboxylic acids is 1. The summed E-state index contributed by atoms with van der Waals surface area (Å²) in [7, 11) is 0. The van der Waals surface area contributed by atoms with Crippen LogP contribution in [0.25, 0.3) is 0 Å². The summed E-state index contributed by atoms with van der Waals surface area (Å²) in [5.41, 5.74) is 0.404. The Kier molecular flexibility index (Phi) is 3.57. The van der Waals surface area contributed by atoms with E-state index in [0.717, 1.165) is 0 Å². The van der Waals surface area contributed by atoms with Crippen LogP contribution in [0.15, 0.2) is 30.3 Å². The van der Waals surface area contributed by atoms with E-state index in [-0.39, 0.29) is 12.3 Å². The monoisotopic (exact) mass is 247 g/mol. The van der Waals surface area contributed by atoms with Gasteiger partial charge in [-0.05, 0) is 19.1 Å². The normalized spacial score (nSPS) is 10.3. The zero-order valence-electron chi connectivity index (χ0n) is 9.91. The maximum absolute atomic E-state index is 11.0. The van der Waals surface area contributed by atoms with E-state index < -0.39 is 5.97 Å². The number of carbonyl (C=O) groups is 1. The zero-order chi connectivity index (χ0) is 13.0. The second kappa shape index (κ2) is 5.31. The Morgan fingerprint density at radius 1 is 1.39 bits per heavy atom. The number of para-hydroxylation sites is 1. The number of carboxylic acid groups (broad SMARTS) is 1. The number of hydrogen-bond donors (Lipinski definition) is 1. The summed E-state index contributed by atoms with van der Waals surface area (Å²) in [4.78, 5) is 11.0. The average Bonchev–Trinajstić information content (AvgIpc) is 2.80. The Labute approximate surface area is 104 Å². The summed E-state index contributed by atoms with van der Waals surface area (Å²) >= 11 is 0. The van der Waals surface area contributed by atoms with Gasteiger partial charge in [0.05, 0.1) is 0 Å². The van der Waals surface area contributed by atoms with Crippen LogP contribution in [-0.2, 0) is 13.2 Å². The molecule has 0 aliphatic rings. The van der Waals surface area contributed by atoms with Crippen LogP contribution < -0.4 is 4.74 Å². The smallest absolute Gasteiger partial charge is 0.358 e. The van der Waals surface area contributed by atoms with E-state index in [1.807, 2.05) is 25.1 Å². The number of aryl methyl sites for hydroxylation is 1. The highest BCUT2D eigenvalue weighted by Crippen LogP contribution is 2.13. The van der Waals surface area contributed by atoms with Crippen LogP contribution in [0.4, 0.5) is 0 Å². The highest BCUT2D eigenvalue weighted by atomic mass is 16.5. The molecule has 6 nitrogen and oxygen atoms in total. The van der Waals surface area contributed by atoms with Crippen LogP contribution in [0.3, 0.4) is 0 Å². The number of rotatable bonds is 5. The van der Waals surface area contributed by atoms with Crippen molar-refractivity contribution in [3.8, 4) is 5.75 Å². The van der Waals surface area contributed by atoms with Gasteiger partial charge in [0.1, 0.15) is 18.1 Å². The number of ether oxygens (including phenoxy) is 1. The van der Waals surface area contributed by atoms with Gasteiger partial charge in [0.15, 0.2) is 5.69 Å². The molecule has 0 radical (unpaired) electrons. The predicted octanol–water partition coefficient (Wildman–Crippen LogP) is 1.58. The van der Waals surface area contributed by atoms with Gasteiger partial charge < -0.3 is 9.84 Å². The summed E-state index contributed by atoms with van der Waals surface area (Å²) in [6.07, 6.45) is 0. The van der Waals surface area contributed by atoms with E-state index in [1.165, 1.54) is 4.68 Å². The third-order valence-electron chi connectivity index (χ3n) is 2.46. The summed E-state index contributed by atoms with van der Waals surface area (Å²) in [6.45, 7) is 2.55. The van der Waals surface area contributed by atoms with Gasteiger partial charge in [-0.1, -0.05) is 23.4 Å². The van der Waals surface area contributed by atoms with Gasteiger partial charge >= 0.3 is 5.97 Å². The highest BCUT2D eigenvalue weighted by molar-refractivity contribution is 5.86. The molecule has 6 heteroatoms. The number of aromatic nitrogens is 3. The van der Waals surface area contributed by atoms with Gasteiger partial charge in [0.25, 0.3) is 0 Å². The van der Waals surface area contributed by atoms with Crippen molar-refractivity contribution in [1.82, 2.24) is 15.0 Å². The molecule has 0 spiro atoms. The first kappa shape index (κ1) is 12.1. The van der Waals surface area contributed by atoms with Gasteiger partial charge in [-0.3, -0.25) is 0 Å². The van der Waals surface area contributed by atoms with Crippen LogP contribution in [0, 0.1) is 0 Å². The van der Waals surface area contributed by atoms with Crippen molar-refractivity contribution in [3.63, 3.8) is 0 Å². The molecule has 0 aliphatic heterocycles. The van der Waals surface area contributed by atoms with Crippen LogP contribution >= 0.6 is 0 Å². The molecule has 0 saturated carbocycles. The third kappa shape index (κ3) is 2.48. The quantitative estimate of drug-likeness (QED) is 0.867. The molecule has 1 aromatic carbocycles. The van der Waals surface area contributed by atoms with Gasteiger partial charge in [0, 0.05) is 6.54 Å². The molecule has 94 valence electrons. The molecule has 1 aromatic heterocycles. The molecule has 1 heterocycles.